The minimum absolute atomic E-state index is 0.147. The fourth-order valence-electron chi connectivity index (χ4n) is 2.99. The first-order valence-electron chi connectivity index (χ1n) is 7.65. The van der Waals surface area contributed by atoms with E-state index < -0.39 is 11.7 Å². The monoisotopic (exact) mass is 320 g/mol. The molecule has 2 heterocycles. The van der Waals surface area contributed by atoms with Gasteiger partial charge in [0.25, 0.3) is 11.8 Å². The molecule has 2 aliphatic rings. The lowest BCUT2D eigenvalue weighted by Crippen LogP contribution is -3.15. The summed E-state index contributed by atoms with van der Waals surface area (Å²) in [5, 5.41) is 8.98. The largest absolute Gasteiger partial charge is 0.391 e. The molecule has 1 aromatic carbocycles. The molecule has 0 aromatic heterocycles. The van der Waals surface area contributed by atoms with Crippen LogP contribution in [0, 0.1) is 5.82 Å². The average Bonchev–Trinajstić information content (AvgIpc) is 2.84. The average molecular weight is 320 g/mol. The number of quaternary nitrogens is 1. The van der Waals surface area contributed by atoms with Crippen LogP contribution in [0.15, 0.2) is 36.0 Å². The van der Waals surface area contributed by atoms with E-state index in [2.05, 4.69) is 0 Å². The molecule has 0 spiro atoms. The number of carbonyl (C=O) groups is 2. The number of aliphatic hydroxyl groups excluding tert-OH is 1. The number of benzene rings is 1. The van der Waals surface area contributed by atoms with Crippen molar-refractivity contribution < 1.29 is 24.0 Å². The van der Waals surface area contributed by atoms with Crippen LogP contribution in [-0.4, -0.2) is 61.2 Å². The van der Waals surface area contributed by atoms with Crippen molar-refractivity contribution >= 4 is 17.5 Å². The van der Waals surface area contributed by atoms with Gasteiger partial charge in [-0.1, -0.05) is 0 Å². The van der Waals surface area contributed by atoms with Gasteiger partial charge in [-0.2, -0.15) is 0 Å². The predicted molar refractivity (Wildman–Crippen MR) is 81.2 cm³/mol. The summed E-state index contributed by atoms with van der Waals surface area (Å²) in [6, 6.07) is 5.30. The van der Waals surface area contributed by atoms with E-state index in [1.807, 2.05) is 4.90 Å². The second-order valence-electron chi connectivity index (χ2n) is 5.70. The molecule has 7 heteroatoms. The Bertz CT molecular complexity index is 636. The van der Waals surface area contributed by atoms with Crippen molar-refractivity contribution in [2.24, 2.45) is 0 Å². The zero-order valence-electron chi connectivity index (χ0n) is 12.7. The normalized spacial score (nSPS) is 19.5. The minimum Gasteiger partial charge on any atom is -0.391 e. The molecule has 1 aromatic rings. The standard InChI is InChI=1S/C16H18FN3O3/c17-12-1-3-13(4-2-12)20-15(22)11-14(16(20)23)19-7-5-18(6-8-19)9-10-21/h1-4,11,21H,5-10H2/p+1. The molecule has 0 aliphatic carbocycles. The van der Waals surface area contributed by atoms with Crippen LogP contribution in [0.3, 0.4) is 0 Å². The molecule has 2 amide bonds. The number of piperazine rings is 1. The first kappa shape index (κ1) is 15.6. The van der Waals surface area contributed by atoms with Crippen LogP contribution in [0.5, 0.6) is 0 Å². The number of amides is 2. The molecule has 3 rings (SSSR count). The molecular formula is C16H19FN3O3+. The molecule has 0 unspecified atom stereocenters. The van der Waals surface area contributed by atoms with Crippen LogP contribution >= 0.6 is 0 Å². The van der Waals surface area contributed by atoms with Gasteiger partial charge < -0.3 is 14.9 Å². The van der Waals surface area contributed by atoms with Gasteiger partial charge in [0.2, 0.25) is 0 Å². The van der Waals surface area contributed by atoms with Gasteiger partial charge in [0, 0.05) is 6.08 Å². The van der Waals surface area contributed by atoms with E-state index in [-0.39, 0.29) is 12.5 Å². The highest BCUT2D eigenvalue weighted by Gasteiger charge is 2.36. The Morgan fingerprint density at radius 3 is 2.39 bits per heavy atom. The Morgan fingerprint density at radius 1 is 1.13 bits per heavy atom. The van der Waals surface area contributed by atoms with Crippen LogP contribution in [-0.2, 0) is 9.59 Å². The molecule has 0 radical (unpaired) electrons. The maximum atomic E-state index is 13.0. The summed E-state index contributed by atoms with van der Waals surface area (Å²) in [7, 11) is 0. The molecule has 1 saturated heterocycles. The molecule has 2 N–H and O–H groups in total. The number of nitrogens with zero attached hydrogens (tertiary/aromatic N) is 2. The summed E-state index contributed by atoms with van der Waals surface area (Å²) >= 11 is 0. The molecular weight excluding hydrogens is 301 g/mol. The van der Waals surface area contributed by atoms with E-state index in [0.29, 0.717) is 31.0 Å². The third-order valence-electron chi connectivity index (χ3n) is 4.26. The van der Waals surface area contributed by atoms with E-state index in [4.69, 9.17) is 5.11 Å². The van der Waals surface area contributed by atoms with Gasteiger partial charge in [-0.05, 0) is 24.3 Å². The molecule has 2 aliphatic heterocycles. The Labute approximate surface area is 133 Å². The van der Waals surface area contributed by atoms with Gasteiger partial charge in [0.1, 0.15) is 18.1 Å². The van der Waals surface area contributed by atoms with Crippen LogP contribution in [0.2, 0.25) is 0 Å². The van der Waals surface area contributed by atoms with Crippen LogP contribution in [0.25, 0.3) is 0 Å². The Morgan fingerprint density at radius 2 is 1.78 bits per heavy atom. The van der Waals surface area contributed by atoms with Gasteiger partial charge in [-0.25, -0.2) is 9.29 Å². The number of carbonyl (C=O) groups excluding carboxylic acids is 2. The van der Waals surface area contributed by atoms with Crippen LogP contribution in [0.1, 0.15) is 0 Å². The van der Waals surface area contributed by atoms with E-state index >= 15 is 0 Å². The lowest BCUT2D eigenvalue weighted by Gasteiger charge is -2.33. The quantitative estimate of drug-likeness (QED) is 0.683. The second-order valence-corrected chi connectivity index (χ2v) is 5.70. The van der Waals surface area contributed by atoms with E-state index in [9.17, 15) is 14.0 Å². The summed E-state index contributed by atoms with van der Waals surface area (Å²) < 4.78 is 13.0. The second kappa shape index (κ2) is 6.47. The number of nitrogens with one attached hydrogen (secondary N) is 1. The number of hydrogen-bond acceptors (Lipinski definition) is 4. The van der Waals surface area contributed by atoms with Crippen molar-refractivity contribution in [1.82, 2.24) is 4.90 Å². The van der Waals surface area contributed by atoms with Crippen molar-refractivity contribution in [3.8, 4) is 0 Å². The number of anilines is 1. The van der Waals surface area contributed by atoms with Crippen molar-refractivity contribution in [2.75, 3.05) is 44.2 Å². The molecule has 0 atom stereocenters. The summed E-state index contributed by atoms with van der Waals surface area (Å²) in [5.41, 5.74) is 0.763. The number of imide groups is 1. The molecule has 1 fully saturated rings. The van der Waals surface area contributed by atoms with Gasteiger partial charge in [-0.15, -0.1) is 0 Å². The van der Waals surface area contributed by atoms with Crippen molar-refractivity contribution in [1.29, 1.82) is 0 Å². The van der Waals surface area contributed by atoms with Gasteiger partial charge in [-0.3, -0.25) is 9.59 Å². The fraction of sp³-hybridized carbons (Fsp3) is 0.375. The topological polar surface area (TPSA) is 65.3 Å². The number of rotatable bonds is 4. The minimum atomic E-state index is -0.413. The molecule has 23 heavy (non-hydrogen) atoms. The molecule has 6 nitrogen and oxygen atoms in total. The first-order valence-corrected chi connectivity index (χ1v) is 7.65. The summed E-state index contributed by atoms with van der Waals surface area (Å²) in [6.07, 6.45) is 1.35. The maximum absolute atomic E-state index is 13.0. The van der Waals surface area contributed by atoms with Gasteiger partial charge in [0.05, 0.1) is 38.5 Å². The van der Waals surface area contributed by atoms with E-state index in [1.54, 1.807) is 0 Å². The Balaban J connectivity index is 1.71. The fourth-order valence-corrected chi connectivity index (χ4v) is 2.99. The smallest absolute Gasteiger partial charge is 0.281 e. The van der Waals surface area contributed by atoms with Gasteiger partial charge >= 0.3 is 0 Å². The number of aliphatic hydroxyl groups is 1. The van der Waals surface area contributed by atoms with E-state index in [1.165, 1.54) is 35.2 Å². The highest BCUT2D eigenvalue weighted by molar-refractivity contribution is 6.30. The van der Waals surface area contributed by atoms with Gasteiger partial charge in [0.15, 0.2) is 0 Å². The van der Waals surface area contributed by atoms with Crippen LogP contribution in [0.4, 0.5) is 10.1 Å². The third kappa shape index (κ3) is 3.11. The Hall–Kier alpha value is -2.25. The number of halogens is 1. The molecule has 0 bridgehead atoms. The first-order chi connectivity index (χ1) is 11.1. The summed E-state index contributed by atoms with van der Waals surface area (Å²) in [5.74, 6) is -1.18. The van der Waals surface area contributed by atoms with Crippen molar-refractivity contribution in [3.63, 3.8) is 0 Å². The number of hydrogen-bond donors (Lipinski definition) is 2. The maximum Gasteiger partial charge on any atom is 0.281 e. The summed E-state index contributed by atoms with van der Waals surface area (Å²) in [4.78, 5) is 29.0. The predicted octanol–water partition coefficient (Wildman–Crippen LogP) is -1.22. The highest BCUT2D eigenvalue weighted by Crippen LogP contribution is 2.24. The van der Waals surface area contributed by atoms with Crippen molar-refractivity contribution in [2.45, 2.75) is 0 Å². The zero-order chi connectivity index (χ0) is 16.4. The molecule has 0 saturated carbocycles. The SMILES string of the molecule is O=C1C=C(N2CC[NH+](CCO)CC2)C(=O)N1c1ccc(F)cc1. The van der Waals surface area contributed by atoms with Crippen molar-refractivity contribution in [3.05, 3.63) is 41.9 Å². The highest BCUT2D eigenvalue weighted by atomic mass is 19.1. The van der Waals surface area contributed by atoms with Crippen LogP contribution < -0.4 is 9.80 Å². The summed E-state index contributed by atoms with van der Waals surface area (Å²) in [6.45, 7) is 3.80. The zero-order valence-corrected chi connectivity index (χ0v) is 12.7. The van der Waals surface area contributed by atoms with E-state index in [0.717, 1.165) is 18.0 Å². The Kier molecular flexibility index (Phi) is 4.40. The lowest BCUT2D eigenvalue weighted by molar-refractivity contribution is -0.904. The molecule has 122 valence electrons. The third-order valence-corrected chi connectivity index (χ3v) is 4.26. The lowest BCUT2D eigenvalue weighted by atomic mass is 10.2.